The van der Waals surface area contributed by atoms with Gasteiger partial charge < -0.3 is 15.2 Å². The van der Waals surface area contributed by atoms with E-state index in [0.717, 1.165) is 45.2 Å². The van der Waals surface area contributed by atoms with Crippen molar-refractivity contribution in [1.29, 1.82) is 0 Å². The molecule has 3 aromatic rings. The van der Waals surface area contributed by atoms with Gasteiger partial charge in [-0.2, -0.15) is 5.10 Å². The number of ether oxygens (including phenoxy) is 1. The summed E-state index contributed by atoms with van der Waals surface area (Å²) < 4.78 is 30.8. The van der Waals surface area contributed by atoms with E-state index in [1.165, 1.54) is 16.3 Å². The van der Waals surface area contributed by atoms with Crippen LogP contribution in [-0.2, 0) is 15.3 Å². The van der Waals surface area contributed by atoms with E-state index in [1.807, 2.05) is 24.3 Å². The van der Waals surface area contributed by atoms with E-state index in [9.17, 15) is 18.3 Å². The highest BCUT2D eigenvalue weighted by Crippen LogP contribution is 2.49. The van der Waals surface area contributed by atoms with Crippen LogP contribution < -0.4 is 10.1 Å². The van der Waals surface area contributed by atoms with Crippen molar-refractivity contribution in [1.82, 2.24) is 14.7 Å². The molecule has 1 aromatic heterocycles. The molecule has 10 heteroatoms. The Morgan fingerprint density at radius 3 is 2.42 bits per heavy atom. The summed E-state index contributed by atoms with van der Waals surface area (Å²) in [5.41, 5.74) is 2.60. The minimum atomic E-state index is -3.62. The van der Waals surface area contributed by atoms with E-state index >= 15 is 0 Å². The van der Waals surface area contributed by atoms with Gasteiger partial charge in [-0.15, -0.1) is 0 Å². The summed E-state index contributed by atoms with van der Waals surface area (Å²) in [6, 6.07) is 16.0. The van der Waals surface area contributed by atoms with Crippen LogP contribution in [0.15, 0.2) is 59.6 Å². The summed E-state index contributed by atoms with van der Waals surface area (Å²) >= 11 is 0. The summed E-state index contributed by atoms with van der Waals surface area (Å²) in [6.07, 6.45) is 3.88. The molecule has 2 N–H and O–H groups in total. The van der Waals surface area contributed by atoms with Gasteiger partial charge in [0.2, 0.25) is 0 Å². The van der Waals surface area contributed by atoms with Crippen LogP contribution in [0.5, 0.6) is 5.75 Å². The lowest BCUT2D eigenvalue weighted by Gasteiger charge is -2.23. The first-order valence-corrected chi connectivity index (χ1v) is 13.8. The standard InChI is InChI=1S/C26H30N4O5S/c1-35-22-9-7-20(8-10-22)30-23(15-24(28-30)36(2,33)34)25(32)27-19-5-3-18(4-6-19)26(12-13-26)17-29-14-11-21(31)16-29/h3-10,15,21,31H,11-14,16-17H2,1-2H3,(H,27,32). The molecule has 190 valence electrons. The number of carbonyl (C=O) groups excluding carboxylic acids is 1. The summed E-state index contributed by atoms with van der Waals surface area (Å²) in [5.74, 6) is 0.169. The van der Waals surface area contributed by atoms with Crippen molar-refractivity contribution >= 4 is 21.4 Å². The molecule has 2 aromatic carbocycles. The molecule has 1 unspecified atom stereocenters. The van der Waals surface area contributed by atoms with Crippen molar-refractivity contribution in [2.45, 2.75) is 35.8 Å². The fraction of sp³-hybridized carbons (Fsp3) is 0.385. The van der Waals surface area contributed by atoms with E-state index in [4.69, 9.17) is 4.74 Å². The number of rotatable bonds is 8. The molecule has 1 atom stereocenters. The topological polar surface area (TPSA) is 114 Å². The second-order valence-electron chi connectivity index (χ2n) is 9.74. The number of likely N-dealkylation sites (tertiary alicyclic amines) is 1. The minimum Gasteiger partial charge on any atom is -0.497 e. The molecule has 9 nitrogen and oxygen atoms in total. The number of aromatic nitrogens is 2. The predicted octanol–water partition coefficient (Wildman–Crippen LogP) is 2.63. The quantitative estimate of drug-likeness (QED) is 0.479. The number of hydrogen-bond acceptors (Lipinski definition) is 7. The number of benzene rings is 2. The molecule has 0 spiro atoms. The van der Waals surface area contributed by atoms with Gasteiger partial charge in [-0.25, -0.2) is 13.1 Å². The van der Waals surface area contributed by atoms with Gasteiger partial charge in [0, 0.05) is 43.1 Å². The smallest absolute Gasteiger partial charge is 0.274 e. The summed E-state index contributed by atoms with van der Waals surface area (Å²) in [5, 5.41) is 16.7. The van der Waals surface area contributed by atoms with E-state index in [0.29, 0.717) is 17.1 Å². The third-order valence-corrected chi connectivity index (χ3v) is 7.96. The minimum absolute atomic E-state index is 0.107. The average Bonchev–Trinajstić information content (AvgIpc) is 3.28. The van der Waals surface area contributed by atoms with Crippen LogP contribution in [0.3, 0.4) is 0 Å². The van der Waals surface area contributed by atoms with Gasteiger partial charge in [0.05, 0.1) is 18.9 Å². The Hall–Kier alpha value is -3.21. The Balaban J connectivity index is 1.35. The largest absolute Gasteiger partial charge is 0.497 e. The number of anilines is 1. The summed E-state index contributed by atoms with van der Waals surface area (Å²) in [6.45, 7) is 2.59. The normalized spacial score (nSPS) is 19.2. The number of amides is 1. The predicted molar refractivity (Wildman–Crippen MR) is 136 cm³/mol. The zero-order chi connectivity index (χ0) is 25.5. The Morgan fingerprint density at radius 1 is 1.17 bits per heavy atom. The van der Waals surface area contributed by atoms with Gasteiger partial charge in [0.15, 0.2) is 14.9 Å². The van der Waals surface area contributed by atoms with Gasteiger partial charge in [0.1, 0.15) is 11.4 Å². The number of hydrogen-bond donors (Lipinski definition) is 2. The van der Waals surface area contributed by atoms with E-state index in [2.05, 4.69) is 15.3 Å². The highest BCUT2D eigenvalue weighted by Gasteiger charge is 2.46. The molecule has 1 amide bonds. The Kier molecular flexibility index (Phi) is 6.36. The highest BCUT2D eigenvalue weighted by atomic mass is 32.2. The maximum atomic E-state index is 13.2. The van der Waals surface area contributed by atoms with Crippen molar-refractivity contribution in [3.05, 3.63) is 65.9 Å². The van der Waals surface area contributed by atoms with Gasteiger partial charge >= 0.3 is 0 Å². The summed E-state index contributed by atoms with van der Waals surface area (Å²) in [4.78, 5) is 15.5. The second-order valence-corrected chi connectivity index (χ2v) is 11.7. The first-order valence-electron chi connectivity index (χ1n) is 11.9. The number of sulfone groups is 1. The molecule has 0 bridgehead atoms. The molecule has 2 aliphatic rings. The summed E-state index contributed by atoms with van der Waals surface area (Å²) in [7, 11) is -2.06. The third-order valence-electron chi connectivity index (χ3n) is 7.00. The van der Waals surface area contributed by atoms with Crippen LogP contribution in [0.4, 0.5) is 5.69 Å². The molecule has 1 aliphatic heterocycles. The van der Waals surface area contributed by atoms with E-state index in [1.54, 1.807) is 31.4 Å². The number of aliphatic hydroxyl groups is 1. The lowest BCUT2D eigenvalue weighted by Crippen LogP contribution is -2.31. The fourth-order valence-electron chi connectivity index (χ4n) is 4.80. The molecule has 1 aliphatic carbocycles. The first-order chi connectivity index (χ1) is 17.2. The van der Waals surface area contributed by atoms with Crippen molar-refractivity contribution in [3.8, 4) is 11.4 Å². The molecular formula is C26H30N4O5S. The lowest BCUT2D eigenvalue weighted by molar-refractivity contribution is 0.101. The van der Waals surface area contributed by atoms with E-state index in [-0.39, 0.29) is 22.2 Å². The van der Waals surface area contributed by atoms with Gasteiger partial charge in [0.25, 0.3) is 5.91 Å². The Bertz CT molecular complexity index is 1360. The maximum Gasteiger partial charge on any atom is 0.274 e. The molecule has 1 saturated carbocycles. The van der Waals surface area contributed by atoms with Gasteiger partial charge in [-0.3, -0.25) is 9.69 Å². The number of nitrogens with one attached hydrogen (secondary N) is 1. The number of carbonyl (C=O) groups is 1. The molecule has 5 rings (SSSR count). The SMILES string of the molecule is COc1ccc(-n2nc(S(C)(=O)=O)cc2C(=O)Nc2ccc(C3(CN4CCC(O)C4)CC3)cc2)cc1. The number of methoxy groups -OCH3 is 1. The van der Waals surface area contributed by atoms with Crippen molar-refractivity contribution in [2.24, 2.45) is 0 Å². The van der Waals surface area contributed by atoms with Crippen LogP contribution in [0, 0.1) is 0 Å². The van der Waals surface area contributed by atoms with Gasteiger partial charge in [-0.1, -0.05) is 12.1 Å². The second kappa shape index (κ2) is 9.34. The van der Waals surface area contributed by atoms with E-state index < -0.39 is 15.7 Å². The van der Waals surface area contributed by atoms with Crippen LogP contribution in [-0.4, -0.2) is 73.2 Å². The molecule has 0 radical (unpaired) electrons. The lowest BCUT2D eigenvalue weighted by atomic mass is 9.95. The fourth-order valence-corrected chi connectivity index (χ4v) is 5.35. The van der Waals surface area contributed by atoms with Crippen molar-refractivity contribution in [3.63, 3.8) is 0 Å². The average molecular weight is 511 g/mol. The number of aliphatic hydroxyl groups excluding tert-OH is 1. The van der Waals surface area contributed by atoms with Gasteiger partial charge in [-0.05, 0) is 61.2 Å². The van der Waals surface area contributed by atoms with Crippen LogP contribution >= 0.6 is 0 Å². The molecule has 2 heterocycles. The zero-order valence-corrected chi connectivity index (χ0v) is 21.2. The van der Waals surface area contributed by atoms with Crippen molar-refractivity contribution < 1.29 is 23.1 Å². The van der Waals surface area contributed by atoms with Crippen LogP contribution in [0.2, 0.25) is 0 Å². The number of nitrogens with zero attached hydrogens (tertiary/aromatic N) is 3. The maximum absolute atomic E-state index is 13.2. The molecule has 36 heavy (non-hydrogen) atoms. The monoisotopic (exact) mass is 510 g/mol. The molecular weight excluding hydrogens is 480 g/mol. The number of β-amino-alcohol motifs (C(OH)–C–C–N with tert-alkyl or cyclic N) is 1. The van der Waals surface area contributed by atoms with Crippen molar-refractivity contribution in [2.75, 3.05) is 38.3 Å². The Morgan fingerprint density at radius 2 is 1.86 bits per heavy atom. The van der Waals surface area contributed by atoms with Crippen LogP contribution in [0.25, 0.3) is 5.69 Å². The highest BCUT2D eigenvalue weighted by molar-refractivity contribution is 7.90. The first kappa shape index (κ1) is 24.5. The third kappa shape index (κ3) is 5.02. The Labute approximate surface area is 210 Å². The molecule has 1 saturated heterocycles. The van der Waals surface area contributed by atoms with Crippen LogP contribution in [0.1, 0.15) is 35.3 Å². The zero-order valence-electron chi connectivity index (χ0n) is 20.3. The molecule has 2 fully saturated rings.